The van der Waals surface area contributed by atoms with Gasteiger partial charge in [0.25, 0.3) is 0 Å². The minimum Gasteiger partial charge on any atom is -0.481 e. The monoisotopic (exact) mass is 233 g/mol. The molecule has 0 atom stereocenters. The van der Waals surface area contributed by atoms with Crippen molar-refractivity contribution in [3.8, 4) is 0 Å². The van der Waals surface area contributed by atoms with E-state index < -0.39 is 15.7 Å². The molecule has 15 heavy (non-hydrogen) atoms. The topological polar surface area (TPSA) is 58.6 Å². The molecule has 0 saturated carbocycles. The van der Waals surface area contributed by atoms with E-state index in [-0.39, 0.29) is 12.0 Å². The van der Waals surface area contributed by atoms with E-state index in [0.29, 0.717) is 6.54 Å². The van der Waals surface area contributed by atoms with Crippen molar-refractivity contribution >= 4 is 15.7 Å². The standard InChI is InChI=1S/C10H23NO3Si/c1-10(2,3)14-15-8-4-6-11-7-5-9(12)13/h11H,4-8,15H2,1-3H3,(H,12,13). The molecule has 0 spiro atoms. The summed E-state index contributed by atoms with van der Waals surface area (Å²) in [6, 6.07) is 1.15. The van der Waals surface area contributed by atoms with Crippen LogP contribution in [0.15, 0.2) is 0 Å². The summed E-state index contributed by atoms with van der Waals surface area (Å²) in [4.78, 5) is 10.2. The summed E-state index contributed by atoms with van der Waals surface area (Å²) >= 11 is 0. The zero-order valence-corrected chi connectivity index (χ0v) is 11.4. The van der Waals surface area contributed by atoms with Crippen LogP contribution in [0.25, 0.3) is 0 Å². The third kappa shape index (κ3) is 13.6. The maximum atomic E-state index is 10.2. The van der Waals surface area contributed by atoms with Gasteiger partial charge in [0.2, 0.25) is 0 Å². The molecule has 0 aliphatic rings. The molecule has 2 N–H and O–H groups in total. The number of hydrogen-bond donors (Lipinski definition) is 2. The second kappa shape index (κ2) is 7.84. The summed E-state index contributed by atoms with van der Waals surface area (Å²) in [5, 5.41) is 11.5. The number of rotatable bonds is 8. The van der Waals surface area contributed by atoms with E-state index in [1.807, 2.05) is 0 Å². The highest BCUT2D eigenvalue weighted by atomic mass is 28.2. The Morgan fingerprint density at radius 1 is 1.40 bits per heavy atom. The minimum atomic E-state index is -0.743. The van der Waals surface area contributed by atoms with Crippen LogP contribution >= 0.6 is 0 Å². The molecule has 0 heterocycles. The number of carboxylic acid groups (broad SMARTS) is 1. The van der Waals surface area contributed by atoms with Crippen LogP contribution in [0.1, 0.15) is 33.6 Å². The molecule has 0 aromatic rings. The molecule has 90 valence electrons. The molecular weight excluding hydrogens is 210 g/mol. The number of nitrogens with one attached hydrogen (secondary N) is 1. The predicted octanol–water partition coefficient (Wildman–Crippen LogP) is 0.758. The van der Waals surface area contributed by atoms with E-state index in [2.05, 4.69) is 26.1 Å². The van der Waals surface area contributed by atoms with E-state index in [4.69, 9.17) is 9.53 Å². The van der Waals surface area contributed by atoms with Crippen molar-refractivity contribution in [2.45, 2.75) is 45.3 Å². The Morgan fingerprint density at radius 2 is 2.07 bits per heavy atom. The van der Waals surface area contributed by atoms with Crippen molar-refractivity contribution in [1.29, 1.82) is 0 Å². The van der Waals surface area contributed by atoms with E-state index in [1.54, 1.807) is 0 Å². The fourth-order valence-corrected chi connectivity index (χ4v) is 2.26. The van der Waals surface area contributed by atoms with Crippen LogP contribution < -0.4 is 5.32 Å². The first-order valence-corrected chi connectivity index (χ1v) is 7.06. The van der Waals surface area contributed by atoms with Gasteiger partial charge >= 0.3 is 5.97 Å². The lowest BCUT2D eigenvalue weighted by Gasteiger charge is -2.19. The van der Waals surface area contributed by atoms with E-state index in [0.717, 1.165) is 19.0 Å². The fraction of sp³-hybridized carbons (Fsp3) is 0.900. The van der Waals surface area contributed by atoms with Crippen LogP contribution in [-0.2, 0) is 9.22 Å². The summed E-state index contributed by atoms with van der Waals surface area (Å²) in [6.45, 7) is 7.69. The third-order valence-corrected chi connectivity index (χ3v) is 3.66. The van der Waals surface area contributed by atoms with Gasteiger partial charge in [0.15, 0.2) is 9.76 Å². The Balaban J connectivity index is 3.09. The lowest BCUT2D eigenvalue weighted by molar-refractivity contribution is -0.136. The van der Waals surface area contributed by atoms with Crippen molar-refractivity contribution in [2.24, 2.45) is 0 Å². The number of carbonyl (C=O) groups is 1. The molecule has 0 bridgehead atoms. The van der Waals surface area contributed by atoms with Crippen LogP contribution in [-0.4, -0.2) is 39.5 Å². The van der Waals surface area contributed by atoms with Crippen LogP contribution in [0, 0.1) is 0 Å². The highest BCUT2D eigenvalue weighted by Gasteiger charge is 2.08. The molecular formula is C10H23NO3Si. The predicted molar refractivity (Wildman–Crippen MR) is 63.9 cm³/mol. The maximum absolute atomic E-state index is 10.2. The van der Waals surface area contributed by atoms with Gasteiger partial charge in [-0.2, -0.15) is 0 Å². The molecule has 0 aromatic carbocycles. The first-order chi connectivity index (χ1) is 6.92. The summed E-state index contributed by atoms with van der Waals surface area (Å²) in [5.74, 6) is -0.743. The van der Waals surface area contributed by atoms with Gasteiger partial charge in [-0.1, -0.05) is 0 Å². The van der Waals surface area contributed by atoms with Crippen LogP contribution in [0.5, 0.6) is 0 Å². The molecule has 0 rings (SSSR count). The quantitative estimate of drug-likeness (QED) is 0.480. The van der Waals surface area contributed by atoms with Crippen molar-refractivity contribution in [1.82, 2.24) is 5.32 Å². The van der Waals surface area contributed by atoms with Gasteiger partial charge in [0.1, 0.15) is 0 Å². The first-order valence-electron chi connectivity index (χ1n) is 5.48. The van der Waals surface area contributed by atoms with Crippen LogP contribution in [0.2, 0.25) is 6.04 Å². The van der Waals surface area contributed by atoms with Gasteiger partial charge in [-0.25, -0.2) is 0 Å². The number of hydrogen-bond acceptors (Lipinski definition) is 3. The second-order valence-electron chi connectivity index (χ2n) is 4.56. The fourth-order valence-electron chi connectivity index (χ4n) is 1.05. The SMILES string of the molecule is CC(C)(C)O[SiH2]CCCNCCC(=O)O. The van der Waals surface area contributed by atoms with Gasteiger partial charge in [-0.05, 0) is 39.8 Å². The zero-order chi connectivity index (χ0) is 11.7. The Hall–Kier alpha value is -0.393. The summed E-state index contributed by atoms with van der Waals surface area (Å²) in [6.07, 6.45) is 1.29. The Morgan fingerprint density at radius 3 is 2.60 bits per heavy atom. The molecule has 0 fully saturated rings. The summed E-state index contributed by atoms with van der Waals surface area (Å²) < 4.78 is 5.69. The zero-order valence-electron chi connectivity index (χ0n) is 10.0. The largest absolute Gasteiger partial charge is 0.481 e. The van der Waals surface area contributed by atoms with E-state index in [9.17, 15) is 4.79 Å². The van der Waals surface area contributed by atoms with Gasteiger partial charge < -0.3 is 14.8 Å². The van der Waals surface area contributed by atoms with Crippen molar-refractivity contribution < 1.29 is 14.3 Å². The summed E-state index contributed by atoms with van der Waals surface area (Å²) in [5.41, 5.74) is 0.00293. The van der Waals surface area contributed by atoms with Crippen molar-refractivity contribution in [2.75, 3.05) is 13.1 Å². The normalized spacial score (nSPS) is 12.5. The maximum Gasteiger partial charge on any atom is 0.304 e. The van der Waals surface area contributed by atoms with Crippen molar-refractivity contribution in [3.05, 3.63) is 0 Å². The Kier molecular flexibility index (Phi) is 7.64. The molecule has 4 nitrogen and oxygen atoms in total. The van der Waals surface area contributed by atoms with Crippen LogP contribution in [0.4, 0.5) is 0 Å². The molecule has 0 saturated heterocycles. The average molecular weight is 233 g/mol. The molecule has 5 heteroatoms. The molecule has 0 radical (unpaired) electrons. The lowest BCUT2D eigenvalue weighted by atomic mass is 10.2. The van der Waals surface area contributed by atoms with E-state index in [1.165, 1.54) is 0 Å². The highest BCUT2D eigenvalue weighted by Crippen LogP contribution is 2.06. The Bertz CT molecular complexity index is 180. The molecule has 0 aliphatic carbocycles. The first kappa shape index (κ1) is 14.6. The minimum absolute atomic E-state index is 0.00293. The van der Waals surface area contributed by atoms with Gasteiger partial charge in [-0.15, -0.1) is 0 Å². The number of aliphatic carboxylic acids is 1. The van der Waals surface area contributed by atoms with Crippen molar-refractivity contribution in [3.63, 3.8) is 0 Å². The third-order valence-electron chi connectivity index (χ3n) is 1.80. The van der Waals surface area contributed by atoms with Gasteiger partial charge in [0.05, 0.1) is 6.42 Å². The van der Waals surface area contributed by atoms with Gasteiger partial charge in [-0.3, -0.25) is 4.79 Å². The average Bonchev–Trinajstić information content (AvgIpc) is 2.07. The number of carboxylic acids is 1. The molecule has 0 aromatic heterocycles. The lowest BCUT2D eigenvalue weighted by Crippen LogP contribution is -2.23. The summed E-state index contributed by atoms with van der Waals surface area (Å²) in [7, 11) is -0.399. The van der Waals surface area contributed by atoms with Crippen LogP contribution in [0.3, 0.4) is 0 Å². The molecule has 0 amide bonds. The second-order valence-corrected chi connectivity index (χ2v) is 5.97. The molecule has 0 aliphatic heterocycles. The highest BCUT2D eigenvalue weighted by molar-refractivity contribution is 6.27. The molecule has 0 unspecified atom stereocenters. The smallest absolute Gasteiger partial charge is 0.304 e. The van der Waals surface area contributed by atoms with E-state index >= 15 is 0 Å². The van der Waals surface area contributed by atoms with Gasteiger partial charge in [0, 0.05) is 12.1 Å². The Labute approximate surface area is 94.3 Å².